The maximum absolute atomic E-state index is 12.7. The zero-order valence-electron chi connectivity index (χ0n) is 15.2. The summed E-state index contributed by atoms with van der Waals surface area (Å²) in [5.74, 6) is 0.120. The van der Waals surface area contributed by atoms with Gasteiger partial charge in [0, 0.05) is 37.9 Å². The number of amides is 2. The molecule has 0 saturated carbocycles. The molecule has 0 bridgehead atoms. The Hall–Kier alpha value is -1.92. The quantitative estimate of drug-likeness (QED) is 0.855. The number of rotatable bonds is 4. The van der Waals surface area contributed by atoms with Crippen molar-refractivity contribution in [2.24, 2.45) is 0 Å². The van der Waals surface area contributed by atoms with Gasteiger partial charge in [-0.15, -0.1) is 0 Å². The summed E-state index contributed by atoms with van der Waals surface area (Å²) in [4.78, 5) is 28.3. The molecule has 6 heteroatoms. The molecule has 1 aromatic rings. The summed E-state index contributed by atoms with van der Waals surface area (Å²) in [6, 6.07) is 5.90. The first-order valence-corrected chi connectivity index (χ1v) is 8.87. The molecular weight excluding hydrogens is 318 g/mol. The lowest BCUT2D eigenvalue weighted by atomic mass is 10.0. The lowest BCUT2D eigenvalue weighted by molar-refractivity contribution is -0.135. The third-order valence-corrected chi connectivity index (χ3v) is 4.80. The fourth-order valence-corrected chi connectivity index (χ4v) is 3.74. The topological polar surface area (TPSA) is 72.9 Å². The van der Waals surface area contributed by atoms with Crippen LogP contribution < -0.4 is 5.32 Å². The number of nitrogens with one attached hydrogen (secondary N) is 1. The molecule has 136 valence electrons. The van der Waals surface area contributed by atoms with E-state index in [1.807, 2.05) is 36.9 Å². The summed E-state index contributed by atoms with van der Waals surface area (Å²) in [6.07, 6.45) is 0.767. The Bertz CT molecular complexity index is 681. The molecule has 6 nitrogen and oxygen atoms in total. The third kappa shape index (κ3) is 4.38. The highest BCUT2D eigenvalue weighted by Gasteiger charge is 2.30. The number of nitrogens with zero attached hydrogens (tertiary/aromatic N) is 2. The molecule has 0 aromatic heterocycles. The number of benzene rings is 1. The first-order valence-electron chi connectivity index (χ1n) is 8.87. The van der Waals surface area contributed by atoms with Crippen molar-refractivity contribution in [3.05, 3.63) is 29.3 Å². The van der Waals surface area contributed by atoms with Crippen molar-refractivity contribution in [1.29, 1.82) is 0 Å². The summed E-state index contributed by atoms with van der Waals surface area (Å²) in [6.45, 7) is 8.51. The Balaban J connectivity index is 1.59. The summed E-state index contributed by atoms with van der Waals surface area (Å²) >= 11 is 0. The number of hydrogen-bond donors (Lipinski definition) is 2. The van der Waals surface area contributed by atoms with Crippen LogP contribution >= 0.6 is 0 Å². The monoisotopic (exact) mass is 345 g/mol. The van der Waals surface area contributed by atoms with Gasteiger partial charge in [-0.1, -0.05) is 12.1 Å². The van der Waals surface area contributed by atoms with Crippen molar-refractivity contribution >= 4 is 17.5 Å². The zero-order valence-corrected chi connectivity index (χ0v) is 15.2. The van der Waals surface area contributed by atoms with Crippen LogP contribution in [0.5, 0.6) is 0 Å². The van der Waals surface area contributed by atoms with Crippen molar-refractivity contribution in [1.82, 2.24) is 9.80 Å². The second-order valence-electron chi connectivity index (χ2n) is 7.88. The SMILES string of the molecule is CC1CN(CC(C)(C)O)CCN1C(=O)Cc1ccc2c(c1)NC(=O)C2. The molecule has 2 amide bonds. The molecule has 1 saturated heterocycles. The molecule has 1 atom stereocenters. The maximum atomic E-state index is 12.7. The molecular formula is C19H27N3O3. The fourth-order valence-electron chi connectivity index (χ4n) is 3.74. The lowest BCUT2D eigenvalue weighted by Gasteiger charge is -2.41. The van der Waals surface area contributed by atoms with Crippen LogP contribution in [0.2, 0.25) is 0 Å². The minimum absolute atomic E-state index is 0.00929. The second kappa shape index (κ2) is 6.77. The van der Waals surface area contributed by atoms with Gasteiger partial charge in [0.1, 0.15) is 0 Å². The van der Waals surface area contributed by atoms with E-state index in [9.17, 15) is 14.7 Å². The molecule has 0 aliphatic carbocycles. The van der Waals surface area contributed by atoms with E-state index in [-0.39, 0.29) is 17.9 Å². The molecule has 3 rings (SSSR count). The van der Waals surface area contributed by atoms with Gasteiger partial charge in [-0.05, 0) is 38.0 Å². The molecule has 2 aliphatic rings. The standard InChI is InChI=1S/C19H27N3O3/c1-13-11-21(12-19(2,3)25)6-7-22(13)18(24)9-14-4-5-15-10-17(23)20-16(15)8-14/h4-5,8,13,25H,6-7,9-12H2,1-3H3,(H,20,23). The van der Waals surface area contributed by atoms with Crippen LogP contribution in [0.25, 0.3) is 0 Å². The third-order valence-electron chi connectivity index (χ3n) is 4.80. The molecule has 1 unspecified atom stereocenters. The Morgan fingerprint density at radius 2 is 2.12 bits per heavy atom. The second-order valence-corrected chi connectivity index (χ2v) is 7.88. The van der Waals surface area contributed by atoms with Crippen LogP contribution in [-0.2, 0) is 22.4 Å². The summed E-state index contributed by atoms with van der Waals surface area (Å²) in [7, 11) is 0. The van der Waals surface area contributed by atoms with Crippen molar-refractivity contribution in [3.8, 4) is 0 Å². The summed E-state index contributed by atoms with van der Waals surface area (Å²) < 4.78 is 0. The number of β-amino-alcohol motifs (C(OH)–C–C–N with tert-alkyl or cyclic N) is 1. The molecule has 1 aromatic carbocycles. The van der Waals surface area contributed by atoms with Crippen LogP contribution in [0.4, 0.5) is 5.69 Å². The molecule has 25 heavy (non-hydrogen) atoms. The van der Waals surface area contributed by atoms with Crippen molar-refractivity contribution in [2.45, 2.75) is 45.3 Å². The largest absolute Gasteiger partial charge is 0.389 e. The van der Waals surface area contributed by atoms with Gasteiger partial charge in [-0.2, -0.15) is 0 Å². The summed E-state index contributed by atoms with van der Waals surface area (Å²) in [5, 5.41) is 12.8. The van der Waals surface area contributed by atoms with Gasteiger partial charge in [0.25, 0.3) is 0 Å². The molecule has 2 aliphatic heterocycles. The Morgan fingerprint density at radius 1 is 1.36 bits per heavy atom. The first kappa shape index (κ1) is 17.9. The van der Waals surface area contributed by atoms with Crippen molar-refractivity contribution in [2.75, 3.05) is 31.5 Å². The predicted molar refractivity (Wildman–Crippen MR) is 96.4 cm³/mol. The smallest absolute Gasteiger partial charge is 0.228 e. The van der Waals surface area contributed by atoms with Gasteiger partial charge in [-0.3, -0.25) is 14.5 Å². The average Bonchev–Trinajstić information content (AvgIpc) is 2.84. The van der Waals surface area contributed by atoms with Crippen LogP contribution in [0.1, 0.15) is 31.9 Å². The predicted octanol–water partition coefficient (Wildman–Crippen LogP) is 1.03. The van der Waals surface area contributed by atoms with Gasteiger partial charge in [0.05, 0.1) is 18.4 Å². The van der Waals surface area contributed by atoms with E-state index in [0.717, 1.165) is 29.9 Å². The molecule has 0 radical (unpaired) electrons. The minimum Gasteiger partial charge on any atom is -0.389 e. The minimum atomic E-state index is -0.721. The number of piperazine rings is 1. The van der Waals surface area contributed by atoms with Gasteiger partial charge < -0.3 is 15.3 Å². The van der Waals surface area contributed by atoms with E-state index in [2.05, 4.69) is 17.1 Å². The average molecular weight is 345 g/mol. The van der Waals surface area contributed by atoms with E-state index in [1.54, 1.807) is 0 Å². The van der Waals surface area contributed by atoms with Gasteiger partial charge in [0.15, 0.2) is 0 Å². The van der Waals surface area contributed by atoms with Crippen molar-refractivity contribution < 1.29 is 14.7 Å². The molecule has 2 heterocycles. The van der Waals surface area contributed by atoms with Gasteiger partial charge in [-0.25, -0.2) is 0 Å². The van der Waals surface area contributed by atoms with Crippen LogP contribution in [0.3, 0.4) is 0 Å². The number of carbonyl (C=O) groups is 2. The van der Waals surface area contributed by atoms with Crippen LogP contribution in [0, 0.1) is 0 Å². The van der Waals surface area contributed by atoms with E-state index in [1.165, 1.54) is 0 Å². The Morgan fingerprint density at radius 3 is 2.80 bits per heavy atom. The highest BCUT2D eigenvalue weighted by molar-refractivity contribution is 5.99. The normalized spacial score (nSPS) is 21.2. The van der Waals surface area contributed by atoms with E-state index < -0.39 is 5.60 Å². The fraction of sp³-hybridized carbons (Fsp3) is 0.579. The van der Waals surface area contributed by atoms with Gasteiger partial charge in [0.2, 0.25) is 11.8 Å². The zero-order chi connectivity index (χ0) is 18.2. The molecule has 1 fully saturated rings. The Kier molecular flexibility index (Phi) is 4.84. The number of aliphatic hydroxyl groups is 1. The number of anilines is 1. The van der Waals surface area contributed by atoms with Crippen LogP contribution in [-0.4, -0.2) is 64.5 Å². The number of fused-ring (bicyclic) bond motifs is 1. The van der Waals surface area contributed by atoms with Crippen LogP contribution in [0.15, 0.2) is 18.2 Å². The molecule has 0 spiro atoms. The highest BCUT2D eigenvalue weighted by atomic mass is 16.3. The maximum Gasteiger partial charge on any atom is 0.228 e. The summed E-state index contributed by atoms with van der Waals surface area (Å²) in [5.41, 5.74) is 2.03. The highest BCUT2D eigenvalue weighted by Crippen LogP contribution is 2.24. The lowest BCUT2D eigenvalue weighted by Crippen LogP contribution is -2.56. The number of hydrogen-bond acceptors (Lipinski definition) is 4. The number of carbonyl (C=O) groups excluding carboxylic acids is 2. The van der Waals surface area contributed by atoms with E-state index >= 15 is 0 Å². The van der Waals surface area contributed by atoms with Crippen molar-refractivity contribution in [3.63, 3.8) is 0 Å². The van der Waals surface area contributed by atoms with E-state index in [4.69, 9.17) is 0 Å². The van der Waals surface area contributed by atoms with E-state index in [0.29, 0.717) is 25.9 Å². The van der Waals surface area contributed by atoms with Gasteiger partial charge >= 0.3 is 0 Å². The Labute approximate surface area is 148 Å². The first-order chi connectivity index (χ1) is 11.7. The molecule has 2 N–H and O–H groups in total.